The predicted octanol–water partition coefficient (Wildman–Crippen LogP) is 2.53. The average molecular weight is 286 g/mol. The lowest BCUT2D eigenvalue weighted by Crippen LogP contribution is -2.42. The van der Waals surface area contributed by atoms with Gasteiger partial charge in [-0.2, -0.15) is 0 Å². The Morgan fingerprint density at radius 3 is 2.86 bits per heavy atom. The third-order valence-corrected chi connectivity index (χ3v) is 5.22. The smallest absolute Gasteiger partial charge is 0.224 e. The topological polar surface area (TPSA) is 41.1 Å². The zero-order chi connectivity index (χ0) is 14.7. The molecule has 2 aliphatic rings. The molecule has 0 aromatic heterocycles. The number of carbonyl (C=O) groups excluding carboxylic acids is 1. The Hall–Kier alpha value is -1.35. The fraction of sp³-hybridized carbons (Fsp3) is 0.611. The molecule has 0 radical (unpaired) electrons. The molecule has 2 N–H and O–H groups in total. The average Bonchev–Trinajstić information content (AvgIpc) is 3.17. The molecule has 1 aromatic rings. The maximum Gasteiger partial charge on any atom is 0.224 e. The monoisotopic (exact) mass is 286 g/mol. The maximum absolute atomic E-state index is 12.3. The highest BCUT2D eigenvalue weighted by Crippen LogP contribution is 2.40. The highest BCUT2D eigenvalue weighted by molar-refractivity contribution is 5.79. The highest BCUT2D eigenvalue weighted by Gasteiger charge is 2.36. The largest absolute Gasteiger partial charge is 0.355 e. The van der Waals surface area contributed by atoms with Gasteiger partial charge in [-0.05, 0) is 38.3 Å². The van der Waals surface area contributed by atoms with Crippen LogP contribution in [0.25, 0.3) is 0 Å². The lowest BCUT2D eigenvalue weighted by atomic mass is 9.78. The summed E-state index contributed by atoms with van der Waals surface area (Å²) in [6.45, 7) is 4.76. The second kappa shape index (κ2) is 6.18. The van der Waals surface area contributed by atoms with E-state index in [1.54, 1.807) is 0 Å². The molecule has 0 bridgehead atoms. The minimum atomic E-state index is 0.160. The van der Waals surface area contributed by atoms with Gasteiger partial charge in [0.05, 0.1) is 5.92 Å². The summed E-state index contributed by atoms with van der Waals surface area (Å²) in [5, 5.41) is 6.52. The van der Waals surface area contributed by atoms with Crippen molar-refractivity contribution in [3.8, 4) is 0 Å². The van der Waals surface area contributed by atoms with Crippen LogP contribution in [0.1, 0.15) is 43.2 Å². The Balaban J connectivity index is 1.71. The van der Waals surface area contributed by atoms with Gasteiger partial charge in [0, 0.05) is 18.5 Å². The third-order valence-electron chi connectivity index (χ3n) is 5.22. The molecule has 1 aliphatic heterocycles. The second-order valence-electron chi connectivity index (χ2n) is 6.76. The van der Waals surface area contributed by atoms with Gasteiger partial charge in [-0.3, -0.25) is 4.79 Å². The van der Waals surface area contributed by atoms with Crippen LogP contribution in [0.4, 0.5) is 0 Å². The molecular weight excluding hydrogens is 260 g/mol. The van der Waals surface area contributed by atoms with E-state index in [4.69, 9.17) is 0 Å². The number of rotatable bonds is 4. The van der Waals surface area contributed by atoms with Crippen molar-refractivity contribution in [2.24, 2.45) is 5.92 Å². The minimum absolute atomic E-state index is 0.160. The van der Waals surface area contributed by atoms with Crippen molar-refractivity contribution >= 4 is 5.91 Å². The normalized spacial score (nSPS) is 24.1. The molecule has 3 heteroatoms. The van der Waals surface area contributed by atoms with Gasteiger partial charge in [0.15, 0.2) is 0 Å². The molecule has 1 amide bonds. The predicted molar refractivity (Wildman–Crippen MR) is 85.3 cm³/mol. The van der Waals surface area contributed by atoms with Crippen molar-refractivity contribution in [2.45, 2.75) is 44.4 Å². The number of amides is 1. The summed E-state index contributed by atoms with van der Waals surface area (Å²) >= 11 is 0. The second-order valence-corrected chi connectivity index (χ2v) is 6.76. The van der Waals surface area contributed by atoms with Gasteiger partial charge in [-0.25, -0.2) is 0 Å². The number of nitrogens with one attached hydrogen (secondary N) is 2. The van der Waals surface area contributed by atoms with Gasteiger partial charge in [0.2, 0.25) is 5.91 Å². The van der Waals surface area contributed by atoms with Crippen LogP contribution in [0.15, 0.2) is 24.3 Å². The van der Waals surface area contributed by atoms with Crippen molar-refractivity contribution in [2.75, 3.05) is 19.6 Å². The summed E-state index contributed by atoms with van der Waals surface area (Å²) in [4.78, 5) is 12.3. The molecular formula is C18H26N2O. The zero-order valence-electron chi connectivity index (χ0n) is 13.0. The van der Waals surface area contributed by atoms with Crippen LogP contribution in [-0.2, 0) is 10.2 Å². The maximum atomic E-state index is 12.3. The first kappa shape index (κ1) is 14.6. The van der Waals surface area contributed by atoms with Gasteiger partial charge < -0.3 is 10.6 Å². The van der Waals surface area contributed by atoms with Gasteiger partial charge in [-0.15, -0.1) is 0 Å². The van der Waals surface area contributed by atoms with E-state index in [9.17, 15) is 4.79 Å². The number of carbonyl (C=O) groups is 1. The molecule has 1 unspecified atom stereocenters. The number of aryl methyl sites for hydroxylation is 1. The van der Waals surface area contributed by atoms with Gasteiger partial charge in [0.25, 0.3) is 0 Å². The molecule has 21 heavy (non-hydrogen) atoms. The first-order chi connectivity index (χ1) is 10.2. The lowest BCUT2D eigenvalue weighted by Gasteiger charge is -2.31. The summed E-state index contributed by atoms with van der Waals surface area (Å²) in [7, 11) is 0. The van der Waals surface area contributed by atoms with Crippen LogP contribution in [0, 0.1) is 12.8 Å². The van der Waals surface area contributed by atoms with Crippen molar-refractivity contribution in [3.63, 3.8) is 0 Å². The minimum Gasteiger partial charge on any atom is -0.355 e. The van der Waals surface area contributed by atoms with Crippen LogP contribution in [0.2, 0.25) is 0 Å². The Morgan fingerprint density at radius 2 is 2.19 bits per heavy atom. The number of benzene rings is 1. The molecule has 1 atom stereocenters. The van der Waals surface area contributed by atoms with E-state index in [0.717, 1.165) is 26.1 Å². The van der Waals surface area contributed by atoms with Crippen LogP contribution in [0.5, 0.6) is 0 Å². The highest BCUT2D eigenvalue weighted by atomic mass is 16.1. The van der Waals surface area contributed by atoms with E-state index in [-0.39, 0.29) is 17.2 Å². The van der Waals surface area contributed by atoms with Gasteiger partial charge in [0.1, 0.15) is 0 Å². The molecule has 1 heterocycles. The third kappa shape index (κ3) is 3.13. The van der Waals surface area contributed by atoms with Crippen molar-refractivity contribution < 1.29 is 4.79 Å². The van der Waals surface area contributed by atoms with E-state index >= 15 is 0 Å². The van der Waals surface area contributed by atoms with Crippen LogP contribution in [-0.4, -0.2) is 25.5 Å². The first-order valence-electron chi connectivity index (χ1n) is 8.25. The van der Waals surface area contributed by atoms with E-state index in [2.05, 4.69) is 41.8 Å². The Morgan fingerprint density at radius 1 is 1.38 bits per heavy atom. The first-order valence-corrected chi connectivity index (χ1v) is 8.25. The number of hydrogen-bond donors (Lipinski definition) is 2. The summed E-state index contributed by atoms with van der Waals surface area (Å²) in [5.74, 6) is 0.403. The molecule has 3 rings (SSSR count). The van der Waals surface area contributed by atoms with Gasteiger partial charge in [-0.1, -0.05) is 42.7 Å². The summed E-state index contributed by atoms with van der Waals surface area (Å²) in [5.41, 5.74) is 2.88. The lowest BCUT2D eigenvalue weighted by molar-refractivity contribution is -0.124. The van der Waals surface area contributed by atoms with E-state index in [1.807, 2.05) is 0 Å². The molecule has 0 spiro atoms. The molecule has 2 fully saturated rings. The standard InChI is InChI=1S/C18H26N2O/c1-14-5-4-6-16(11-14)18(8-2-3-9-18)13-20-17(21)15-7-10-19-12-15/h4-6,11,15,19H,2-3,7-10,12-13H2,1H3,(H,20,21). The van der Waals surface area contributed by atoms with E-state index < -0.39 is 0 Å². The molecule has 1 saturated carbocycles. The molecule has 3 nitrogen and oxygen atoms in total. The molecule has 1 aliphatic carbocycles. The van der Waals surface area contributed by atoms with Crippen molar-refractivity contribution in [1.82, 2.24) is 10.6 Å². The van der Waals surface area contributed by atoms with E-state index in [0.29, 0.717) is 0 Å². The molecule has 1 saturated heterocycles. The van der Waals surface area contributed by atoms with Crippen LogP contribution in [0.3, 0.4) is 0 Å². The van der Waals surface area contributed by atoms with E-state index in [1.165, 1.54) is 36.8 Å². The Bertz CT molecular complexity index is 500. The Kier molecular flexibility index (Phi) is 4.29. The van der Waals surface area contributed by atoms with Crippen molar-refractivity contribution in [1.29, 1.82) is 0 Å². The quantitative estimate of drug-likeness (QED) is 0.893. The van der Waals surface area contributed by atoms with Crippen LogP contribution < -0.4 is 10.6 Å². The molecule has 114 valence electrons. The summed E-state index contributed by atoms with van der Waals surface area (Å²) in [6, 6.07) is 8.83. The van der Waals surface area contributed by atoms with Crippen LogP contribution >= 0.6 is 0 Å². The fourth-order valence-corrected chi connectivity index (χ4v) is 3.87. The SMILES string of the molecule is Cc1cccc(C2(CNC(=O)C3CCNC3)CCCC2)c1. The zero-order valence-corrected chi connectivity index (χ0v) is 13.0. The molecule has 1 aromatic carbocycles. The number of hydrogen-bond acceptors (Lipinski definition) is 2. The summed E-state index contributed by atoms with van der Waals surface area (Å²) < 4.78 is 0. The fourth-order valence-electron chi connectivity index (χ4n) is 3.87. The summed E-state index contributed by atoms with van der Waals surface area (Å²) in [6.07, 6.45) is 5.91. The van der Waals surface area contributed by atoms with Gasteiger partial charge >= 0.3 is 0 Å². The van der Waals surface area contributed by atoms with Crippen molar-refractivity contribution in [3.05, 3.63) is 35.4 Å². The Labute approximate surface area is 127 Å².